The summed E-state index contributed by atoms with van der Waals surface area (Å²) in [5, 5.41) is 6.45. The lowest BCUT2D eigenvalue weighted by Crippen LogP contribution is -2.31. The van der Waals surface area contributed by atoms with Gasteiger partial charge in [-0.25, -0.2) is 0 Å². The number of pyridine rings is 1. The standard InChI is InChI=1S/C24H22IN3O2/c1-28(2)11-10-26-23(29)17-5-3-4-16(12-17)21-14-27-24(30)22-19(21)9-7-15-6-8-18(25)13-20(15)22/h3-9,12-14H,10-11H2,1-2H3,(H,26,29)(H,27,30). The Morgan fingerprint density at radius 2 is 1.87 bits per heavy atom. The molecular formula is C24H22IN3O2. The molecule has 0 aliphatic heterocycles. The Morgan fingerprint density at radius 1 is 1.07 bits per heavy atom. The lowest BCUT2D eigenvalue weighted by atomic mass is 9.96. The number of amides is 1. The lowest BCUT2D eigenvalue weighted by Gasteiger charge is -2.12. The highest BCUT2D eigenvalue weighted by Crippen LogP contribution is 2.31. The first-order valence-electron chi connectivity index (χ1n) is 9.71. The average Bonchev–Trinajstić information content (AvgIpc) is 2.73. The SMILES string of the molecule is CN(C)CCNC(=O)c1cccc(-c2c[nH]c(=O)c3c2ccc2ccc(I)cc23)c1. The van der Waals surface area contributed by atoms with Crippen LogP contribution in [0.1, 0.15) is 10.4 Å². The van der Waals surface area contributed by atoms with Crippen molar-refractivity contribution in [2.75, 3.05) is 27.2 Å². The summed E-state index contributed by atoms with van der Waals surface area (Å²) >= 11 is 2.26. The van der Waals surface area contributed by atoms with Crippen molar-refractivity contribution in [2.45, 2.75) is 0 Å². The van der Waals surface area contributed by atoms with E-state index in [9.17, 15) is 9.59 Å². The minimum atomic E-state index is -0.112. The van der Waals surface area contributed by atoms with Crippen molar-refractivity contribution in [3.63, 3.8) is 0 Å². The molecule has 1 aromatic heterocycles. The van der Waals surface area contributed by atoms with E-state index < -0.39 is 0 Å². The molecule has 2 N–H and O–H groups in total. The van der Waals surface area contributed by atoms with Crippen molar-refractivity contribution in [2.24, 2.45) is 0 Å². The van der Waals surface area contributed by atoms with E-state index in [2.05, 4.69) is 32.9 Å². The molecule has 0 bridgehead atoms. The van der Waals surface area contributed by atoms with E-state index in [0.717, 1.165) is 37.4 Å². The van der Waals surface area contributed by atoms with E-state index in [1.165, 1.54) is 0 Å². The molecule has 0 fully saturated rings. The molecule has 152 valence electrons. The van der Waals surface area contributed by atoms with Gasteiger partial charge in [-0.05, 0) is 82.7 Å². The highest BCUT2D eigenvalue weighted by Gasteiger charge is 2.13. The van der Waals surface area contributed by atoms with Crippen molar-refractivity contribution >= 4 is 50.0 Å². The number of H-pyrrole nitrogens is 1. The molecule has 0 atom stereocenters. The fourth-order valence-electron chi connectivity index (χ4n) is 3.61. The first-order valence-corrected chi connectivity index (χ1v) is 10.8. The second-order valence-electron chi connectivity index (χ2n) is 7.53. The molecule has 1 heterocycles. The van der Waals surface area contributed by atoms with E-state index in [1.54, 1.807) is 12.3 Å². The lowest BCUT2D eigenvalue weighted by molar-refractivity contribution is 0.0951. The number of likely N-dealkylation sites (N-methyl/N-ethyl adjacent to an activating group) is 1. The monoisotopic (exact) mass is 511 g/mol. The van der Waals surface area contributed by atoms with Gasteiger partial charge in [-0.1, -0.05) is 30.3 Å². The highest BCUT2D eigenvalue weighted by atomic mass is 127. The van der Waals surface area contributed by atoms with Gasteiger partial charge in [0.2, 0.25) is 0 Å². The van der Waals surface area contributed by atoms with E-state index in [0.29, 0.717) is 17.5 Å². The van der Waals surface area contributed by atoms with Gasteiger partial charge in [0.1, 0.15) is 0 Å². The topological polar surface area (TPSA) is 65.2 Å². The Labute approximate surface area is 188 Å². The Balaban J connectivity index is 1.80. The van der Waals surface area contributed by atoms with Crippen LogP contribution in [0.25, 0.3) is 32.7 Å². The van der Waals surface area contributed by atoms with Crippen LogP contribution in [-0.2, 0) is 0 Å². The Morgan fingerprint density at radius 3 is 2.67 bits per heavy atom. The number of aromatic nitrogens is 1. The zero-order valence-corrected chi connectivity index (χ0v) is 19.0. The number of carbonyl (C=O) groups excluding carboxylic acids is 1. The van der Waals surface area contributed by atoms with Gasteiger partial charge in [0.05, 0.1) is 5.39 Å². The third-order valence-corrected chi connectivity index (χ3v) is 5.80. The van der Waals surface area contributed by atoms with Gasteiger partial charge >= 0.3 is 0 Å². The van der Waals surface area contributed by atoms with E-state index >= 15 is 0 Å². The minimum absolute atomic E-state index is 0.104. The number of aromatic amines is 1. The van der Waals surface area contributed by atoms with Gasteiger partial charge in [0.15, 0.2) is 0 Å². The quantitative estimate of drug-likeness (QED) is 0.311. The van der Waals surface area contributed by atoms with Crippen molar-refractivity contribution in [3.8, 4) is 11.1 Å². The number of rotatable bonds is 5. The number of benzene rings is 3. The van der Waals surface area contributed by atoms with Gasteiger partial charge in [-0.2, -0.15) is 0 Å². The molecule has 6 heteroatoms. The largest absolute Gasteiger partial charge is 0.351 e. The van der Waals surface area contributed by atoms with Gasteiger partial charge in [0, 0.05) is 34.0 Å². The number of nitrogens with one attached hydrogen (secondary N) is 2. The van der Waals surface area contributed by atoms with Crippen molar-refractivity contribution in [1.82, 2.24) is 15.2 Å². The maximum absolute atomic E-state index is 12.7. The normalized spacial score (nSPS) is 11.3. The Bertz CT molecular complexity index is 1310. The van der Waals surface area contributed by atoms with E-state index in [-0.39, 0.29) is 11.5 Å². The first kappa shape index (κ1) is 20.6. The van der Waals surface area contributed by atoms with E-state index in [1.807, 2.05) is 67.5 Å². The van der Waals surface area contributed by atoms with Crippen LogP contribution < -0.4 is 10.9 Å². The molecule has 0 spiro atoms. The van der Waals surface area contributed by atoms with Crippen LogP contribution in [0.5, 0.6) is 0 Å². The zero-order valence-electron chi connectivity index (χ0n) is 16.8. The molecule has 5 nitrogen and oxygen atoms in total. The maximum Gasteiger partial charge on any atom is 0.256 e. The first-order chi connectivity index (χ1) is 14.4. The van der Waals surface area contributed by atoms with E-state index in [4.69, 9.17) is 0 Å². The predicted octanol–water partition coefficient (Wildman–Crippen LogP) is 4.24. The van der Waals surface area contributed by atoms with Gasteiger partial charge in [-0.3, -0.25) is 9.59 Å². The molecule has 0 aliphatic carbocycles. The molecule has 0 unspecified atom stereocenters. The number of nitrogens with zero attached hydrogens (tertiary/aromatic N) is 1. The fourth-order valence-corrected chi connectivity index (χ4v) is 4.10. The third kappa shape index (κ3) is 4.11. The number of carbonyl (C=O) groups is 1. The summed E-state index contributed by atoms with van der Waals surface area (Å²) in [4.78, 5) is 30.2. The third-order valence-electron chi connectivity index (χ3n) is 5.13. The van der Waals surface area contributed by atoms with Crippen LogP contribution in [0.3, 0.4) is 0 Å². The number of hydrogen-bond donors (Lipinski definition) is 2. The predicted molar refractivity (Wildman–Crippen MR) is 131 cm³/mol. The summed E-state index contributed by atoms with van der Waals surface area (Å²) in [6.07, 6.45) is 1.73. The summed E-state index contributed by atoms with van der Waals surface area (Å²) in [5.41, 5.74) is 2.27. The van der Waals surface area contributed by atoms with Crippen LogP contribution in [0, 0.1) is 3.57 Å². The Hall–Kier alpha value is -2.71. The molecule has 0 aliphatic rings. The van der Waals surface area contributed by atoms with Crippen LogP contribution in [0.4, 0.5) is 0 Å². The molecule has 0 radical (unpaired) electrons. The van der Waals surface area contributed by atoms with Crippen LogP contribution in [0.2, 0.25) is 0 Å². The molecule has 0 saturated carbocycles. The van der Waals surface area contributed by atoms with Crippen LogP contribution >= 0.6 is 22.6 Å². The van der Waals surface area contributed by atoms with Crippen molar-refractivity contribution in [3.05, 3.63) is 80.3 Å². The number of fused-ring (bicyclic) bond motifs is 3. The Kier molecular flexibility index (Phi) is 5.87. The molecule has 3 aromatic carbocycles. The van der Waals surface area contributed by atoms with Gasteiger partial charge < -0.3 is 15.2 Å². The molecule has 1 amide bonds. The minimum Gasteiger partial charge on any atom is -0.351 e. The highest BCUT2D eigenvalue weighted by molar-refractivity contribution is 14.1. The number of halogens is 1. The molecule has 30 heavy (non-hydrogen) atoms. The average molecular weight is 511 g/mol. The maximum atomic E-state index is 12.7. The van der Waals surface area contributed by atoms with Crippen LogP contribution in [0.15, 0.2) is 65.6 Å². The second-order valence-corrected chi connectivity index (χ2v) is 8.77. The van der Waals surface area contributed by atoms with Crippen molar-refractivity contribution < 1.29 is 4.79 Å². The van der Waals surface area contributed by atoms with Gasteiger partial charge in [-0.15, -0.1) is 0 Å². The fraction of sp³-hybridized carbons (Fsp3) is 0.167. The summed E-state index contributed by atoms with van der Waals surface area (Å²) in [7, 11) is 3.94. The summed E-state index contributed by atoms with van der Waals surface area (Å²) in [5.74, 6) is -0.104. The zero-order chi connectivity index (χ0) is 21.3. The second kappa shape index (κ2) is 8.57. The molecule has 0 saturated heterocycles. The summed E-state index contributed by atoms with van der Waals surface area (Å²) in [6.45, 7) is 1.37. The summed E-state index contributed by atoms with van der Waals surface area (Å²) < 4.78 is 1.08. The summed E-state index contributed by atoms with van der Waals surface area (Å²) in [6, 6.07) is 17.6. The van der Waals surface area contributed by atoms with Crippen LogP contribution in [-0.4, -0.2) is 43.0 Å². The van der Waals surface area contributed by atoms with Gasteiger partial charge in [0.25, 0.3) is 11.5 Å². The number of hydrogen-bond acceptors (Lipinski definition) is 3. The smallest absolute Gasteiger partial charge is 0.256 e. The molecular weight excluding hydrogens is 489 g/mol. The molecule has 4 aromatic rings. The van der Waals surface area contributed by atoms with Crippen molar-refractivity contribution in [1.29, 1.82) is 0 Å². The molecule has 4 rings (SSSR count).